The molecule has 1 aromatic carbocycles. The number of phenolic OH excluding ortho intramolecular Hbond substituents is 1. The van der Waals surface area contributed by atoms with Gasteiger partial charge in [0.15, 0.2) is 11.4 Å². The van der Waals surface area contributed by atoms with Gasteiger partial charge in [0.25, 0.3) is 0 Å². The van der Waals surface area contributed by atoms with Crippen LogP contribution in [-0.4, -0.2) is 59.5 Å². The zero-order chi connectivity index (χ0) is 24.5. The normalized spacial score (nSPS) is 14.9. The number of benzene rings is 1. The molecule has 10 nitrogen and oxygen atoms in total. The molecule has 5 rings (SSSR count). The highest BCUT2D eigenvalue weighted by Gasteiger charge is 2.28. The van der Waals surface area contributed by atoms with E-state index in [1.807, 2.05) is 21.7 Å². The van der Waals surface area contributed by atoms with Crippen LogP contribution in [0, 0.1) is 0 Å². The van der Waals surface area contributed by atoms with Crippen LogP contribution >= 0.6 is 0 Å². The Morgan fingerprint density at radius 3 is 2.77 bits per heavy atom. The number of hydrogen-bond acceptors (Lipinski definition) is 7. The van der Waals surface area contributed by atoms with Gasteiger partial charge in [0.2, 0.25) is 5.91 Å². The average molecular weight is 474 g/mol. The minimum atomic E-state index is -0.0317. The number of hydrogen-bond donors (Lipinski definition) is 3. The van der Waals surface area contributed by atoms with Crippen molar-refractivity contribution in [3.63, 3.8) is 0 Å². The number of rotatable bonds is 6. The fourth-order valence-electron chi connectivity index (χ4n) is 4.70. The first-order valence-electron chi connectivity index (χ1n) is 11.7. The summed E-state index contributed by atoms with van der Waals surface area (Å²) in [5.41, 5.74) is 9.18. The summed E-state index contributed by atoms with van der Waals surface area (Å²) in [6.07, 6.45) is 6.52. The number of amides is 1. The number of H-pyrrole nitrogens is 1. The molecule has 3 aromatic heterocycles. The molecule has 1 amide bonds. The Labute approximate surface area is 201 Å². The zero-order valence-corrected chi connectivity index (χ0v) is 19.4. The van der Waals surface area contributed by atoms with E-state index in [0.717, 1.165) is 29.4 Å². The topological polar surface area (TPSA) is 143 Å². The number of ketones is 1. The van der Waals surface area contributed by atoms with E-state index in [2.05, 4.69) is 15.0 Å². The number of likely N-dealkylation sites (tertiary alicyclic amines) is 1. The van der Waals surface area contributed by atoms with Crippen LogP contribution in [0.1, 0.15) is 38.6 Å². The highest BCUT2D eigenvalue weighted by Crippen LogP contribution is 2.35. The van der Waals surface area contributed by atoms with E-state index < -0.39 is 0 Å². The number of aromatic hydroxyl groups is 1. The van der Waals surface area contributed by atoms with E-state index in [-0.39, 0.29) is 36.3 Å². The van der Waals surface area contributed by atoms with E-state index in [9.17, 15) is 14.7 Å². The number of phenols is 1. The molecular weight excluding hydrogens is 446 g/mol. The third kappa shape index (κ3) is 4.34. The van der Waals surface area contributed by atoms with Crippen molar-refractivity contribution in [2.75, 3.05) is 18.8 Å². The number of aromatic amines is 1. The molecule has 0 atom stereocenters. The molecule has 180 valence electrons. The van der Waals surface area contributed by atoms with E-state index in [4.69, 9.17) is 10.8 Å². The van der Waals surface area contributed by atoms with Crippen molar-refractivity contribution in [2.24, 2.45) is 0 Å². The monoisotopic (exact) mass is 473 g/mol. The molecule has 4 N–H and O–H groups in total. The maximum Gasteiger partial charge on any atom is 0.223 e. The number of nitrogens with two attached hydrogens (primary N) is 1. The first kappa shape index (κ1) is 22.6. The quantitative estimate of drug-likeness (QED) is 0.364. The number of aromatic nitrogens is 5. The van der Waals surface area contributed by atoms with Gasteiger partial charge in [-0.05, 0) is 50.1 Å². The minimum absolute atomic E-state index is 0.000197. The summed E-state index contributed by atoms with van der Waals surface area (Å²) in [5.74, 6) is 0.501. The number of nitrogens with one attached hydrogen (secondary N) is 1. The largest absolute Gasteiger partial charge is 0.508 e. The van der Waals surface area contributed by atoms with Gasteiger partial charge in [0.1, 0.15) is 23.6 Å². The van der Waals surface area contributed by atoms with Crippen LogP contribution in [0.3, 0.4) is 0 Å². The molecule has 0 radical (unpaired) electrons. The van der Waals surface area contributed by atoms with Crippen molar-refractivity contribution in [1.82, 2.24) is 29.6 Å². The molecule has 1 saturated heterocycles. The number of piperidine rings is 1. The second kappa shape index (κ2) is 9.21. The molecule has 0 aliphatic carbocycles. The third-order valence-electron chi connectivity index (χ3n) is 6.48. The summed E-state index contributed by atoms with van der Waals surface area (Å²) in [4.78, 5) is 38.1. The molecule has 4 aromatic rings. The number of nitrogen functional groups attached to an aromatic ring is 1. The molecule has 0 bridgehead atoms. The van der Waals surface area contributed by atoms with Crippen LogP contribution in [-0.2, 0) is 9.59 Å². The summed E-state index contributed by atoms with van der Waals surface area (Å²) in [7, 11) is 0. The Morgan fingerprint density at radius 2 is 2.00 bits per heavy atom. The van der Waals surface area contributed by atoms with Crippen molar-refractivity contribution < 1.29 is 14.7 Å². The minimum Gasteiger partial charge on any atom is -0.508 e. The van der Waals surface area contributed by atoms with Gasteiger partial charge >= 0.3 is 0 Å². The van der Waals surface area contributed by atoms with Crippen LogP contribution in [0.15, 0.2) is 42.7 Å². The zero-order valence-electron chi connectivity index (χ0n) is 19.4. The SMILES string of the molecule is C/C=C/C(=O)CCC(=O)N1CCC(n2nc(-c3cc4cc(O)ccc4[nH]3)c3c(N)ncnc32)CC1. The molecule has 4 heterocycles. The van der Waals surface area contributed by atoms with Gasteiger partial charge in [-0.25, -0.2) is 14.6 Å². The highest BCUT2D eigenvalue weighted by atomic mass is 16.3. The first-order valence-corrected chi connectivity index (χ1v) is 11.7. The molecule has 35 heavy (non-hydrogen) atoms. The van der Waals surface area contributed by atoms with Crippen molar-refractivity contribution in [2.45, 2.75) is 38.6 Å². The summed E-state index contributed by atoms with van der Waals surface area (Å²) < 4.78 is 1.89. The number of carbonyl (C=O) groups is 2. The van der Waals surface area contributed by atoms with Gasteiger partial charge in [0.05, 0.1) is 17.1 Å². The lowest BCUT2D eigenvalue weighted by molar-refractivity contribution is -0.133. The molecule has 0 unspecified atom stereocenters. The van der Waals surface area contributed by atoms with Gasteiger partial charge in [-0.2, -0.15) is 5.10 Å². The second-order valence-corrected chi connectivity index (χ2v) is 8.78. The fourth-order valence-corrected chi connectivity index (χ4v) is 4.70. The Balaban J connectivity index is 1.39. The Kier molecular flexibility index (Phi) is 5.94. The average Bonchev–Trinajstić information content (AvgIpc) is 3.45. The maximum absolute atomic E-state index is 12.6. The predicted octanol–water partition coefficient (Wildman–Crippen LogP) is 3.35. The van der Waals surface area contributed by atoms with Gasteiger partial charge in [-0.15, -0.1) is 0 Å². The van der Waals surface area contributed by atoms with Crippen molar-refractivity contribution in [1.29, 1.82) is 0 Å². The first-order chi connectivity index (χ1) is 16.9. The summed E-state index contributed by atoms with van der Waals surface area (Å²) in [6, 6.07) is 7.09. The number of allylic oxidation sites excluding steroid dienone is 2. The van der Waals surface area contributed by atoms with Crippen LogP contribution in [0.2, 0.25) is 0 Å². The van der Waals surface area contributed by atoms with Gasteiger partial charge in [0, 0.05) is 36.8 Å². The highest BCUT2D eigenvalue weighted by molar-refractivity contribution is 6.00. The summed E-state index contributed by atoms with van der Waals surface area (Å²) >= 11 is 0. The molecular formula is C25H27N7O3. The Hall–Kier alpha value is -4.21. The third-order valence-corrected chi connectivity index (χ3v) is 6.48. The van der Waals surface area contributed by atoms with Gasteiger partial charge in [-0.1, -0.05) is 6.08 Å². The predicted molar refractivity (Wildman–Crippen MR) is 133 cm³/mol. The maximum atomic E-state index is 12.6. The Bertz CT molecular complexity index is 1440. The van der Waals surface area contributed by atoms with Crippen molar-refractivity contribution >= 4 is 39.4 Å². The van der Waals surface area contributed by atoms with E-state index in [0.29, 0.717) is 35.6 Å². The summed E-state index contributed by atoms with van der Waals surface area (Å²) in [5, 5.41) is 16.3. The van der Waals surface area contributed by atoms with Crippen LogP contribution in [0.25, 0.3) is 33.3 Å². The fraction of sp³-hybridized carbons (Fsp3) is 0.320. The van der Waals surface area contributed by atoms with Crippen molar-refractivity contribution in [3.05, 3.63) is 42.7 Å². The Morgan fingerprint density at radius 1 is 1.20 bits per heavy atom. The van der Waals surface area contributed by atoms with Gasteiger partial charge in [-0.3, -0.25) is 9.59 Å². The van der Waals surface area contributed by atoms with Crippen LogP contribution < -0.4 is 5.73 Å². The van der Waals surface area contributed by atoms with Crippen LogP contribution in [0.5, 0.6) is 5.75 Å². The number of anilines is 1. The standard InChI is InChI=1S/C25H27N7O3/c1-2-3-17(33)5-7-21(35)31-10-8-16(9-11-31)32-25-22(24(26)27-14-28-25)23(30-32)20-13-15-12-18(34)4-6-19(15)29-20/h2-4,6,12-14,16,29,34H,5,7-11H2,1H3,(H2,26,27,28)/b3-2+. The molecule has 0 spiro atoms. The van der Waals surface area contributed by atoms with E-state index >= 15 is 0 Å². The lowest BCUT2D eigenvalue weighted by Crippen LogP contribution is -2.39. The summed E-state index contributed by atoms with van der Waals surface area (Å²) in [6.45, 7) is 2.96. The number of fused-ring (bicyclic) bond motifs is 2. The smallest absolute Gasteiger partial charge is 0.223 e. The second-order valence-electron chi connectivity index (χ2n) is 8.78. The van der Waals surface area contributed by atoms with Crippen molar-refractivity contribution in [3.8, 4) is 17.1 Å². The van der Waals surface area contributed by atoms with E-state index in [1.54, 1.807) is 25.1 Å². The molecule has 0 saturated carbocycles. The lowest BCUT2D eigenvalue weighted by atomic mass is 10.0. The van der Waals surface area contributed by atoms with Gasteiger partial charge < -0.3 is 20.7 Å². The molecule has 10 heteroatoms. The van der Waals surface area contributed by atoms with E-state index in [1.165, 1.54) is 12.4 Å². The molecule has 1 aliphatic heterocycles. The lowest BCUT2D eigenvalue weighted by Gasteiger charge is -2.32. The van der Waals surface area contributed by atoms with Crippen LogP contribution in [0.4, 0.5) is 5.82 Å². The molecule has 1 aliphatic rings. The number of nitrogens with zero attached hydrogens (tertiary/aromatic N) is 5. The number of carbonyl (C=O) groups excluding carboxylic acids is 2. The molecule has 1 fully saturated rings.